The van der Waals surface area contributed by atoms with E-state index in [4.69, 9.17) is 4.98 Å². The summed E-state index contributed by atoms with van der Waals surface area (Å²) in [7, 11) is 0. The van der Waals surface area contributed by atoms with Gasteiger partial charge in [-0.1, -0.05) is 11.3 Å². The molecule has 0 N–H and O–H groups in total. The summed E-state index contributed by atoms with van der Waals surface area (Å²) in [5.74, 6) is 0.927. The van der Waals surface area contributed by atoms with Crippen LogP contribution in [0.25, 0.3) is 20.8 Å². The first kappa shape index (κ1) is 17.4. The van der Waals surface area contributed by atoms with Gasteiger partial charge in [-0.3, -0.25) is 4.98 Å². The molecule has 4 aromatic rings. The summed E-state index contributed by atoms with van der Waals surface area (Å²) in [4.78, 5) is 19.1. The molecule has 0 unspecified atom stereocenters. The van der Waals surface area contributed by atoms with E-state index in [-0.39, 0.29) is 0 Å². The third kappa shape index (κ3) is 3.20. The van der Waals surface area contributed by atoms with Crippen LogP contribution in [-0.2, 0) is 0 Å². The average Bonchev–Trinajstić information content (AvgIpc) is 3.31. The molecule has 9 heteroatoms. The average molecular weight is 410 g/mol. The molecule has 0 radical (unpaired) electrons. The second-order valence-electron chi connectivity index (χ2n) is 6.74. The number of pyridine rings is 1. The van der Waals surface area contributed by atoms with Crippen molar-refractivity contribution in [2.24, 2.45) is 0 Å². The minimum atomic E-state index is 0.897. The maximum absolute atomic E-state index is 4.72. The number of hydrogen-bond acceptors (Lipinski definition) is 9. The molecule has 0 spiro atoms. The molecule has 0 bridgehead atoms. The molecule has 1 aliphatic heterocycles. The number of aromatic nitrogens is 5. The number of fused-ring (bicyclic) bond motifs is 1. The molecule has 28 heavy (non-hydrogen) atoms. The smallest absolute Gasteiger partial charge is 0.186 e. The van der Waals surface area contributed by atoms with Crippen molar-refractivity contribution in [1.82, 2.24) is 25.1 Å². The monoisotopic (exact) mass is 409 g/mol. The van der Waals surface area contributed by atoms with Crippen LogP contribution in [0.3, 0.4) is 0 Å². The van der Waals surface area contributed by atoms with E-state index in [1.807, 2.05) is 32.3 Å². The van der Waals surface area contributed by atoms with Crippen LogP contribution in [0.5, 0.6) is 0 Å². The van der Waals surface area contributed by atoms with Crippen molar-refractivity contribution in [3.8, 4) is 10.6 Å². The van der Waals surface area contributed by atoms with E-state index < -0.39 is 0 Å². The minimum Gasteiger partial charge on any atom is -0.352 e. The molecule has 0 saturated carbocycles. The van der Waals surface area contributed by atoms with Gasteiger partial charge in [-0.25, -0.2) is 9.97 Å². The Morgan fingerprint density at radius 2 is 1.71 bits per heavy atom. The lowest BCUT2D eigenvalue weighted by molar-refractivity contribution is 0.643. The van der Waals surface area contributed by atoms with Crippen LogP contribution in [-0.4, -0.2) is 51.3 Å². The van der Waals surface area contributed by atoms with Gasteiger partial charge in [0.2, 0.25) is 0 Å². The summed E-state index contributed by atoms with van der Waals surface area (Å²) < 4.78 is 1.18. The van der Waals surface area contributed by atoms with Crippen molar-refractivity contribution in [2.75, 3.05) is 36.0 Å². The molecule has 0 amide bonds. The number of piperazine rings is 1. The van der Waals surface area contributed by atoms with Gasteiger partial charge in [-0.2, -0.15) is 0 Å². The normalized spacial score (nSPS) is 14.8. The van der Waals surface area contributed by atoms with Crippen LogP contribution in [0, 0.1) is 13.8 Å². The summed E-state index contributed by atoms with van der Waals surface area (Å²) in [6, 6.07) is 6.14. The molecule has 1 fully saturated rings. The van der Waals surface area contributed by atoms with Crippen molar-refractivity contribution < 1.29 is 0 Å². The van der Waals surface area contributed by atoms with Gasteiger partial charge in [0.05, 0.1) is 26.5 Å². The third-order valence-corrected chi connectivity index (χ3v) is 7.03. The second-order valence-corrected chi connectivity index (χ2v) is 8.95. The SMILES string of the molecule is Cc1nc(C)c(-c2ccc(N3CCN(c4nc5cnccc5s4)CC3)nn2)s1. The lowest BCUT2D eigenvalue weighted by Gasteiger charge is -2.34. The van der Waals surface area contributed by atoms with Gasteiger partial charge in [0.25, 0.3) is 0 Å². The Morgan fingerprint density at radius 1 is 0.893 bits per heavy atom. The van der Waals surface area contributed by atoms with E-state index in [0.717, 1.165) is 63.9 Å². The van der Waals surface area contributed by atoms with Gasteiger partial charge in [0.1, 0.15) is 11.2 Å². The predicted molar refractivity (Wildman–Crippen MR) is 114 cm³/mol. The zero-order valence-corrected chi connectivity index (χ0v) is 17.3. The molecule has 4 aromatic heterocycles. The highest BCUT2D eigenvalue weighted by atomic mass is 32.1. The van der Waals surface area contributed by atoms with Crippen molar-refractivity contribution in [3.63, 3.8) is 0 Å². The fraction of sp³-hybridized carbons (Fsp3) is 0.316. The van der Waals surface area contributed by atoms with E-state index in [1.54, 1.807) is 22.7 Å². The molecular weight excluding hydrogens is 390 g/mol. The zero-order valence-electron chi connectivity index (χ0n) is 15.7. The molecule has 0 aromatic carbocycles. The highest BCUT2D eigenvalue weighted by molar-refractivity contribution is 7.22. The van der Waals surface area contributed by atoms with Gasteiger partial charge >= 0.3 is 0 Å². The van der Waals surface area contributed by atoms with Gasteiger partial charge in [0, 0.05) is 32.4 Å². The zero-order chi connectivity index (χ0) is 19.1. The van der Waals surface area contributed by atoms with Crippen LogP contribution in [0.2, 0.25) is 0 Å². The molecule has 5 heterocycles. The van der Waals surface area contributed by atoms with Gasteiger partial charge in [-0.15, -0.1) is 21.5 Å². The summed E-state index contributed by atoms with van der Waals surface area (Å²) in [6.07, 6.45) is 3.65. The highest BCUT2D eigenvalue weighted by Crippen LogP contribution is 2.30. The molecule has 0 atom stereocenters. The second kappa shape index (κ2) is 7.06. The summed E-state index contributed by atoms with van der Waals surface area (Å²) in [5, 5.41) is 11.1. The fourth-order valence-electron chi connectivity index (χ4n) is 3.41. The van der Waals surface area contributed by atoms with Crippen LogP contribution >= 0.6 is 22.7 Å². The van der Waals surface area contributed by atoms with Crippen molar-refractivity contribution in [2.45, 2.75) is 13.8 Å². The Hall–Kier alpha value is -2.65. The summed E-state index contributed by atoms with van der Waals surface area (Å²) >= 11 is 3.39. The number of thiazole rings is 2. The first-order valence-electron chi connectivity index (χ1n) is 9.16. The first-order chi connectivity index (χ1) is 13.7. The standard InChI is InChI=1S/C19H19N7S2/c1-12-18(27-13(2)21-12)14-3-4-17(24-23-14)25-7-9-26(10-8-25)19-22-15-11-20-6-5-16(15)28-19/h3-6,11H,7-10H2,1-2H3. The predicted octanol–water partition coefficient (Wildman–Crippen LogP) is 3.55. The molecule has 142 valence electrons. The largest absolute Gasteiger partial charge is 0.352 e. The van der Waals surface area contributed by atoms with E-state index in [2.05, 4.69) is 42.1 Å². The molecule has 1 saturated heterocycles. The van der Waals surface area contributed by atoms with Crippen molar-refractivity contribution in [3.05, 3.63) is 41.3 Å². The van der Waals surface area contributed by atoms with E-state index in [1.165, 1.54) is 4.70 Å². The molecule has 1 aliphatic rings. The first-order valence-corrected chi connectivity index (χ1v) is 10.8. The topological polar surface area (TPSA) is 70.9 Å². The maximum atomic E-state index is 4.72. The van der Waals surface area contributed by atoms with Crippen LogP contribution in [0.1, 0.15) is 10.7 Å². The Bertz CT molecular complexity index is 1080. The Kier molecular flexibility index (Phi) is 4.40. The summed E-state index contributed by atoms with van der Waals surface area (Å²) in [6.45, 7) is 7.69. The number of anilines is 2. The molecule has 7 nitrogen and oxygen atoms in total. The van der Waals surface area contributed by atoms with Crippen molar-refractivity contribution >= 4 is 43.8 Å². The Balaban J connectivity index is 1.28. The lowest BCUT2D eigenvalue weighted by Crippen LogP contribution is -2.46. The van der Waals surface area contributed by atoms with Crippen LogP contribution in [0.4, 0.5) is 10.9 Å². The molecule has 5 rings (SSSR count). The minimum absolute atomic E-state index is 0.897. The highest BCUT2D eigenvalue weighted by Gasteiger charge is 2.21. The molecule has 0 aliphatic carbocycles. The van der Waals surface area contributed by atoms with Gasteiger partial charge in [-0.05, 0) is 32.0 Å². The third-order valence-electron chi connectivity index (χ3n) is 4.84. The van der Waals surface area contributed by atoms with E-state index >= 15 is 0 Å². The quantitative estimate of drug-likeness (QED) is 0.512. The number of nitrogens with zero attached hydrogens (tertiary/aromatic N) is 7. The fourth-order valence-corrected chi connectivity index (χ4v) is 5.28. The van der Waals surface area contributed by atoms with E-state index in [9.17, 15) is 0 Å². The Morgan fingerprint density at radius 3 is 2.39 bits per heavy atom. The number of aryl methyl sites for hydroxylation is 2. The van der Waals surface area contributed by atoms with E-state index in [0.29, 0.717) is 0 Å². The van der Waals surface area contributed by atoms with Gasteiger partial charge in [0.15, 0.2) is 10.9 Å². The summed E-state index contributed by atoms with van der Waals surface area (Å²) in [5.41, 5.74) is 2.89. The lowest BCUT2D eigenvalue weighted by atomic mass is 10.2. The maximum Gasteiger partial charge on any atom is 0.186 e. The number of hydrogen-bond donors (Lipinski definition) is 0. The van der Waals surface area contributed by atoms with Crippen LogP contribution in [0.15, 0.2) is 30.6 Å². The molecular formula is C19H19N7S2. The van der Waals surface area contributed by atoms with Crippen molar-refractivity contribution in [1.29, 1.82) is 0 Å². The number of rotatable bonds is 3. The van der Waals surface area contributed by atoms with Gasteiger partial charge < -0.3 is 9.80 Å². The van der Waals surface area contributed by atoms with Crippen LogP contribution < -0.4 is 9.80 Å². The Labute approximate surface area is 170 Å².